The maximum Gasteiger partial charge on any atom is 0.435 e. The number of aromatic nitrogens is 2. The molecule has 0 saturated carbocycles. The number of benzene rings is 2. The molecule has 0 atom stereocenters. The third-order valence-electron chi connectivity index (χ3n) is 3.67. The highest BCUT2D eigenvalue weighted by molar-refractivity contribution is 7.89. The highest BCUT2D eigenvalue weighted by atomic mass is 32.2. The largest absolute Gasteiger partial charge is 0.435 e. The predicted octanol–water partition coefficient (Wildman–Crippen LogP) is 3.62. The minimum absolute atomic E-state index is 0.138. The lowest BCUT2D eigenvalue weighted by molar-refractivity contribution is -0.141. The predicted molar refractivity (Wildman–Crippen MR) is 85.2 cm³/mol. The summed E-state index contributed by atoms with van der Waals surface area (Å²) in [4.78, 5) is -0.333. The van der Waals surface area contributed by atoms with Crippen molar-refractivity contribution in [2.75, 3.05) is 0 Å². The zero-order valence-corrected chi connectivity index (χ0v) is 14.3. The van der Waals surface area contributed by atoms with Crippen LogP contribution in [0.1, 0.15) is 5.69 Å². The van der Waals surface area contributed by atoms with Crippen molar-refractivity contribution in [3.8, 4) is 16.9 Å². The van der Waals surface area contributed by atoms with Crippen LogP contribution < -0.4 is 5.14 Å². The summed E-state index contributed by atoms with van der Waals surface area (Å²) in [6, 6.07) is 5.10. The fourth-order valence-corrected chi connectivity index (χ4v) is 2.97. The van der Waals surface area contributed by atoms with Crippen LogP contribution in [0, 0.1) is 17.5 Å². The molecular weight excluding hydrogens is 412 g/mol. The molecule has 28 heavy (non-hydrogen) atoms. The molecule has 0 aliphatic carbocycles. The average Bonchev–Trinajstić information content (AvgIpc) is 2.98. The molecule has 0 fully saturated rings. The third-order valence-corrected chi connectivity index (χ3v) is 4.60. The van der Waals surface area contributed by atoms with Crippen LogP contribution in [0.5, 0.6) is 0 Å². The van der Waals surface area contributed by atoms with Gasteiger partial charge < -0.3 is 0 Å². The van der Waals surface area contributed by atoms with Crippen LogP contribution >= 0.6 is 0 Å². The maximum absolute atomic E-state index is 14.1. The van der Waals surface area contributed by atoms with Crippen molar-refractivity contribution >= 4 is 10.0 Å². The van der Waals surface area contributed by atoms with E-state index in [9.17, 15) is 34.8 Å². The van der Waals surface area contributed by atoms with Crippen molar-refractivity contribution in [1.82, 2.24) is 9.78 Å². The minimum atomic E-state index is -4.94. The summed E-state index contributed by atoms with van der Waals surface area (Å²) in [7, 11) is -4.07. The van der Waals surface area contributed by atoms with Gasteiger partial charge in [0.05, 0.1) is 21.8 Å². The average molecular weight is 421 g/mol. The second kappa shape index (κ2) is 6.63. The molecule has 1 heterocycles. The number of sulfonamides is 1. The SMILES string of the molecule is NS(=O)(=O)c1ccc(-n2nc(C(F)(F)F)cc2-c2c(F)cc(F)cc2F)cc1. The van der Waals surface area contributed by atoms with Gasteiger partial charge in [-0.1, -0.05) is 0 Å². The van der Waals surface area contributed by atoms with Gasteiger partial charge in [-0.05, 0) is 30.3 Å². The number of alkyl halides is 3. The Hall–Kier alpha value is -2.86. The Morgan fingerprint density at radius 3 is 1.93 bits per heavy atom. The van der Waals surface area contributed by atoms with Crippen LogP contribution in [0.3, 0.4) is 0 Å². The first kappa shape index (κ1) is 19.9. The van der Waals surface area contributed by atoms with Gasteiger partial charge in [-0.3, -0.25) is 0 Å². The van der Waals surface area contributed by atoms with Gasteiger partial charge in [-0.2, -0.15) is 18.3 Å². The molecule has 2 aromatic carbocycles. The molecule has 5 nitrogen and oxygen atoms in total. The summed E-state index contributed by atoms with van der Waals surface area (Å²) in [6.45, 7) is 0. The lowest BCUT2D eigenvalue weighted by Gasteiger charge is -2.10. The van der Waals surface area contributed by atoms with E-state index in [-0.39, 0.29) is 10.6 Å². The van der Waals surface area contributed by atoms with Gasteiger partial charge in [-0.25, -0.2) is 31.4 Å². The number of hydrogen-bond donors (Lipinski definition) is 1. The highest BCUT2D eigenvalue weighted by Gasteiger charge is 2.36. The van der Waals surface area contributed by atoms with E-state index < -0.39 is 50.6 Å². The fourth-order valence-electron chi connectivity index (χ4n) is 2.46. The lowest BCUT2D eigenvalue weighted by atomic mass is 10.1. The Morgan fingerprint density at radius 2 is 1.46 bits per heavy atom. The standard InChI is InChI=1S/C16H9F6N3O2S/c17-8-5-11(18)15(12(19)6-8)13-7-14(16(20,21)22)24-25(13)9-1-3-10(4-2-9)28(23,26)27/h1-7H,(H2,23,26,27). The highest BCUT2D eigenvalue weighted by Crippen LogP contribution is 2.35. The number of nitrogens with zero attached hydrogens (tertiary/aromatic N) is 2. The van der Waals surface area contributed by atoms with E-state index in [1.165, 1.54) is 0 Å². The maximum atomic E-state index is 14.1. The van der Waals surface area contributed by atoms with Crippen LogP contribution in [-0.4, -0.2) is 18.2 Å². The summed E-state index contributed by atoms with van der Waals surface area (Å²) in [6.07, 6.45) is -4.94. The first-order valence-electron chi connectivity index (χ1n) is 7.33. The quantitative estimate of drug-likeness (QED) is 0.657. The van der Waals surface area contributed by atoms with E-state index in [0.29, 0.717) is 22.9 Å². The Bertz CT molecular complexity index is 1130. The molecule has 3 aromatic rings. The van der Waals surface area contributed by atoms with E-state index in [1.54, 1.807) is 0 Å². The van der Waals surface area contributed by atoms with E-state index in [2.05, 4.69) is 5.10 Å². The van der Waals surface area contributed by atoms with Crippen molar-refractivity contribution < 1.29 is 34.8 Å². The molecule has 0 amide bonds. The molecule has 0 aliphatic rings. The molecule has 0 spiro atoms. The number of halogens is 6. The zero-order valence-electron chi connectivity index (χ0n) is 13.5. The molecule has 0 unspecified atom stereocenters. The number of nitrogens with two attached hydrogens (primary N) is 1. The molecule has 0 radical (unpaired) electrons. The smallest absolute Gasteiger partial charge is 0.232 e. The summed E-state index contributed by atoms with van der Waals surface area (Å²) in [5, 5.41) is 8.26. The molecule has 0 saturated heterocycles. The van der Waals surface area contributed by atoms with Crippen molar-refractivity contribution in [3.05, 3.63) is 65.6 Å². The Kier molecular flexibility index (Phi) is 4.71. The van der Waals surface area contributed by atoms with Gasteiger partial charge in [-0.15, -0.1) is 0 Å². The normalized spacial score (nSPS) is 12.4. The minimum Gasteiger partial charge on any atom is -0.232 e. The van der Waals surface area contributed by atoms with E-state index in [1.807, 2.05) is 0 Å². The Morgan fingerprint density at radius 1 is 0.929 bits per heavy atom. The van der Waals surface area contributed by atoms with Gasteiger partial charge in [0.25, 0.3) is 0 Å². The summed E-state index contributed by atoms with van der Waals surface area (Å²) >= 11 is 0. The first-order valence-corrected chi connectivity index (χ1v) is 8.88. The molecule has 0 bridgehead atoms. The topological polar surface area (TPSA) is 78.0 Å². The summed E-state index contributed by atoms with van der Waals surface area (Å²) < 4.78 is 104. The monoisotopic (exact) mass is 421 g/mol. The number of rotatable bonds is 3. The van der Waals surface area contributed by atoms with E-state index in [4.69, 9.17) is 5.14 Å². The van der Waals surface area contributed by atoms with E-state index in [0.717, 1.165) is 24.3 Å². The van der Waals surface area contributed by atoms with E-state index >= 15 is 0 Å². The van der Waals surface area contributed by atoms with Gasteiger partial charge in [0.1, 0.15) is 17.5 Å². The number of primary sulfonamides is 1. The van der Waals surface area contributed by atoms with Gasteiger partial charge in [0.2, 0.25) is 10.0 Å². The van der Waals surface area contributed by atoms with Crippen molar-refractivity contribution in [1.29, 1.82) is 0 Å². The molecular formula is C16H9F6N3O2S. The second-order valence-electron chi connectivity index (χ2n) is 5.61. The van der Waals surface area contributed by atoms with Crippen molar-refractivity contribution in [2.45, 2.75) is 11.1 Å². The zero-order chi connectivity index (χ0) is 20.9. The van der Waals surface area contributed by atoms with Gasteiger partial charge in [0, 0.05) is 12.1 Å². The Balaban J connectivity index is 2.26. The summed E-state index contributed by atoms with van der Waals surface area (Å²) in [5.41, 5.74) is -3.17. The van der Waals surface area contributed by atoms with Gasteiger partial charge in [0.15, 0.2) is 5.69 Å². The molecule has 0 aliphatic heterocycles. The molecule has 148 valence electrons. The molecule has 12 heteroatoms. The van der Waals surface area contributed by atoms with Crippen molar-refractivity contribution in [2.24, 2.45) is 5.14 Å². The first-order chi connectivity index (χ1) is 12.9. The second-order valence-corrected chi connectivity index (χ2v) is 7.17. The van der Waals surface area contributed by atoms with Crippen LogP contribution in [0.2, 0.25) is 0 Å². The molecule has 3 rings (SSSR count). The van der Waals surface area contributed by atoms with Crippen LogP contribution in [-0.2, 0) is 16.2 Å². The third kappa shape index (κ3) is 3.73. The number of hydrogen-bond acceptors (Lipinski definition) is 3. The van der Waals surface area contributed by atoms with Gasteiger partial charge >= 0.3 is 6.18 Å². The van der Waals surface area contributed by atoms with Crippen LogP contribution in [0.25, 0.3) is 16.9 Å². The van der Waals surface area contributed by atoms with Crippen LogP contribution in [0.15, 0.2) is 47.4 Å². The fraction of sp³-hybridized carbons (Fsp3) is 0.0625. The lowest BCUT2D eigenvalue weighted by Crippen LogP contribution is -2.12. The molecule has 1 aromatic heterocycles. The Labute approximate surface area is 154 Å². The molecule has 2 N–H and O–H groups in total. The summed E-state index contributed by atoms with van der Waals surface area (Å²) in [5.74, 6) is -4.12. The van der Waals surface area contributed by atoms with Crippen LogP contribution in [0.4, 0.5) is 26.3 Å². The van der Waals surface area contributed by atoms with Crippen molar-refractivity contribution in [3.63, 3.8) is 0 Å².